The van der Waals surface area contributed by atoms with Gasteiger partial charge in [0.15, 0.2) is 5.49 Å². The molecule has 0 aliphatic carbocycles. The van der Waals surface area contributed by atoms with E-state index >= 15 is 0 Å². The largest absolute Gasteiger partial charge is 0.462 e. The van der Waals surface area contributed by atoms with Gasteiger partial charge in [0, 0.05) is 19.2 Å². The highest BCUT2D eigenvalue weighted by atomic mass is 16.5. The number of aromatic nitrogens is 3. The van der Waals surface area contributed by atoms with E-state index in [1.807, 2.05) is 13.8 Å². The van der Waals surface area contributed by atoms with Crippen LogP contribution in [-0.2, 0) is 16.1 Å². The zero-order chi connectivity index (χ0) is 22.4. The molecule has 164 valence electrons. The minimum Gasteiger partial charge on any atom is -0.462 e. The molecule has 1 amide bonds. The molecule has 31 heavy (non-hydrogen) atoms. The second-order valence-corrected chi connectivity index (χ2v) is 7.30. The van der Waals surface area contributed by atoms with Crippen molar-refractivity contribution in [1.82, 2.24) is 14.0 Å². The fraction of sp³-hybridized carbons (Fsp3) is 0.435. The van der Waals surface area contributed by atoms with Crippen LogP contribution in [0, 0.1) is 0 Å². The molecule has 8 heteroatoms. The van der Waals surface area contributed by atoms with Gasteiger partial charge in [0.2, 0.25) is 5.91 Å². The van der Waals surface area contributed by atoms with E-state index in [0.29, 0.717) is 30.7 Å². The van der Waals surface area contributed by atoms with Crippen LogP contribution in [0.15, 0.2) is 40.2 Å². The van der Waals surface area contributed by atoms with Gasteiger partial charge in [-0.2, -0.15) is 4.99 Å². The number of pyridine rings is 2. The van der Waals surface area contributed by atoms with E-state index < -0.39 is 5.97 Å². The fourth-order valence-corrected chi connectivity index (χ4v) is 3.39. The van der Waals surface area contributed by atoms with Crippen molar-refractivity contribution in [3.63, 3.8) is 0 Å². The monoisotopic (exact) mass is 424 g/mol. The molecule has 3 rings (SSSR count). The van der Waals surface area contributed by atoms with Crippen molar-refractivity contribution < 1.29 is 14.3 Å². The van der Waals surface area contributed by atoms with Gasteiger partial charge < -0.3 is 9.30 Å². The van der Waals surface area contributed by atoms with Gasteiger partial charge in [0.05, 0.1) is 12.0 Å². The van der Waals surface area contributed by atoms with Crippen LogP contribution in [0.5, 0.6) is 0 Å². The Bertz CT molecular complexity index is 1240. The molecule has 0 aliphatic rings. The van der Waals surface area contributed by atoms with E-state index in [2.05, 4.69) is 9.98 Å². The molecule has 3 aromatic heterocycles. The molecule has 0 unspecified atom stereocenters. The second kappa shape index (κ2) is 10.1. The Hall–Kier alpha value is -3.29. The third kappa shape index (κ3) is 4.73. The molecular weight excluding hydrogens is 396 g/mol. The number of hydrogen-bond acceptors (Lipinski definition) is 5. The lowest BCUT2D eigenvalue weighted by Gasteiger charge is -2.15. The maximum Gasteiger partial charge on any atom is 0.341 e. The summed E-state index contributed by atoms with van der Waals surface area (Å²) in [6.07, 6.45) is 5.16. The normalized spacial score (nSPS) is 11.9. The van der Waals surface area contributed by atoms with E-state index in [1.54, 1.807) is 35.9 Å². The number of unbranched alkanes of at least 4 members (excludes halogenated alkanes) is 2. The summed E-state index contributed by atoms with van der Waals surface area (Å²) in [6, 6.07) is 6.75. The zero-order valence-corrected chi connectivity index (χ0v) is 18.3. The lowest BCUT2D eigenvalue weighted by molar-refractivity contribution is -0.118. The van der Waals surface area contributed by atoms with Crippen molar-refractivity contribution >= 4 is 28.6 Å². The van der Waals surface area contributed by atoms with Crippen LogP contribution >= 0.6 is 0 Å². The highest BCUT2D eigenvalue weighted by Gasteiger charge is 2.19. The van der Waals surface area contributed by atoms with Gasteiger partial charge in [-0.15, -0.1) is 0 Å². The first-order chi connectivity index (χ1) is 15.0. The number of rotatable bonds is 8. The summed E-state index contributed by atoms with van der Waals surface area (Å²) < 4.78 is 8.36. The van der Waals surface area contributed by atoms with Crippen LogP contribution in [0.1, 0.15) is 63.2 Å². The van der Waals surface area contributed by atoms with Crippen molar-refractivity contribution in [3.05, 3.63) is 51.9 Å². The Balaban J connectivity index is 2.43. The smallest absolute Gasteiger partial charge is 0.341 e. The molecule has 0 radical (unpaired) electrons. The first-order valence-electron chi connectivity index (χ1n) is 10.8. The van der Waals surface area contributed by atoms with E-state index in [0.717, 1.165) is 19.3 Å². The third-order valence-electron chi connectivity index (χ3n) is 5.00. The number of esters is 1. The molecule has 0 aromatic carbocycles. The number of amides is 1. The minimum absolute atomic E-state index is 0.102. The van der Waals surface area contributed by atoms with Crippen molar-refractivity contribution in [1.29, 1.82) is 0 Å². The van der Waals surface area contributed by atoms with Crippen molar-refractivity contribution in [2.75, 3.05) is 6.61 Å². The Labute approximate surface area is 180 Å². The first kappa shape index (κ1) is 22.4. The fourth-order valence-electron chi connectivity index (χ4n) is 3.39. The maximum atomic E-state index is 13.2. The van der Waals surface area contributed by atoms with E-state index in [-0.39, 0.29) is 34.5 Å². The molecular formula is C23H28N4O4. The average Bonchev–Trinajstić information content (AvgIpc) is 2.77. The Morgan fingerprint density at radius 1 is 1.13 bits per heavy atom. The summed E-state index contributed by atoms with van der Waals surface area (Å²) in [4.78, 5) is 47.4. The number of ether oxygens (including phenoxy) is 1. The zero-order valence-electron chi connectivity index (χ0n) is 18.3. The molecule has 0 bridgehead atoms. The molecule has 3 heterocycles. The van der Waals surface area contributed by atoms with Crippen molar-refractivity contribution in [2.24, 2.45) is 4.99 Å². The van der Waals surface area contributed by atoms with Gasteiger partial charge in [-0.1, -0.05) is 32.8 Å². The number of carbonyl (C=O) groups excluding carboxylic acids is 2. The van der Waals surface area contributed by atoms with Gasteiger partial charge in [-0.25, -0.2) is 9.78 Å². The molecule has 0 saturated carbocycles. The van der Waals surface area contributed by atoms with Gasteiger partial charge in [-0.3, -0.25) is 14.0 Å². The van der Waals surface area contributed by atoms with Gasteiger partial charge in [-0.05, 0) is 38.0 Å². The SMILES string of the molecule is CCCCC(=O)N=c1c(C(=O)OCC)cc2c(=O)n3ccccc3nc2n1CCCC. The molecule has 0 N–H and O–H groups in total. The van der Waals surface area contributed by atoms with Crippen LogP contribution in [0.25, 0.3) is 16.7 Å². The lowest BCUT2D eigenvalue weighted by Crippen LogP contribution is -2.32. The summed E-state index contributed by atoms with van der Waals surface area (Å²) in [5.74, 6) is -0.927. The number of aryl methyl sites for hydroxylation is 1. The molecule has 8 nitrogen and oxygen atoms in total. The van der Waals surface area contributed by atoms with Gasteiger partial charge in [0.1, 0.15) is 16.9 Å². The van der Waals surface area contributed by atoms with Crippen LogP contribution in [-0.4, -0.2) is 32.4 Å². The first-order valence-corrected chi connectivity index (χ1v) is 10.8. The summed E-state index contributed by atoms with van der Waals surface area (Å²) in [5, 5.41) is 0.280. The highest BCUT2D eigenvalue weighted by Crippen LogP contribution is 2.12. The number of hydrogen-bond donors (Lipinski definition) is 0. The minimum atomic E-state index is -0.616. The maximum absolute atomic E-state index is 13.2. The predicted molar refractivity (Wildman–Crippen MR) is 118 cm³/mol. The molecule has 0 spiro atoms. The quantitative estimate of drug-likeness (QED) is 0.409. The van der Waals surface area contributed by atoms with Crippen molar-refractivity contribution in [2.45, 2.75) is 59.4 Å². The van der Waals surface area contributed by atoms with Crippen LogP contribution in [0.3, 0.4) is 0 Å². The Morgan fingerprint density at radius 3 is 2.61 bits per heavy atom. The lowest BCUT2D eigenvalue weighted by atomic mass is 10.2. The summed E-state index contributed by atoms with van der Waals surface area (Å²) in [6.45, 7) is 6.38. The molecule has 0 atom stereocenters. The summed E-state index contributed by atoms with van der Waals surface area (Å²) in [7, 11) is 0. The highest BCUT2D eigenvalue weighted by molar-refractivity contribution is 5.93. The summed E-state index contributed by atoms with van der Waals surface area (Å²) in [5.41, 5.74) is 0.898. The molecule has 0 aliphatic heterocycles. The number of fused-ring (bicyclic) bond motifs is 2. The second-order valence-electron chi connectivity index (χ2n) is 7.30. The molecule has 0 saturated heterocycles. The van der Waals surface area contributed by atoms with E-state index in [9.17, 15) is 14.4 Å². The van der Waals surface area contributed by atoms with E-state index in [4.69, 9.17) is 4.74 Å². The topological polar surface area (TPSA) is 95.0 Å². The number of carbonyl (C=O) groups is 2. The van der Waals surface area contributed by atoms with Crippen LogP contribution in [0.2, 0.25) is 0 Å². The summed E-state index contributed by atoms with van der Waals surface area (Å²) >= 11 is 0. The Kier molecular flexibility index (Phi) is 7.33. The predicted octanol–water partition coefficient (Wildman–Crippen LogP) is 3.24. The third-order valence-corrected chi connectivity index (χ3v) is 5.00. The van der Waals surface area contributed by atoms with Gasteiger partial charge >= 0.3 is 5.97 Å². The average molecular weight is 425 g/mol. The van der Waals surface area contributed by atoms with E-state index in [1.165, 1.54) is 10.5 Å². The Morgan fingerprint density at radius 2 is 1.90 bits per heavy atom. The molecule has 3 aromatic rings. The number of nitrogens with zero attached hydrogens (tertiary/aromatic N) is 4. The van der Waals surface area contributed by atoms with Crippen LogP contribution < -0.4 is 11.0 Å². The van der Waals surface area contributed by atoms with Crippen LogP contribution in [0.4, 0.5) is 0 Å². The van der Waals surface area contributed by atoms with Crippen molar-refractivity contribution in [3.8, 4) is 0 Å². The van der Waals surface area contributed by atoms with Gasteiger partial charge in [0.25, 0.3) is 5.56 Å². The standard InChI is InChI=1S/C23H28N4O4/c1-4-7-12-19(28)25-21-17(23(30)31-6-3)15-16-20(27(21)13-8-5-2)24-18-11-9-10-14-26(18)22(16)29/h9-11,14-15H,4-8,12-13H2,1-3H3. The molecule has 0 fully saturated rings.